The van der Waals surface area contributed by atoms with Crippen LogP contribution in [0.4, 0.5) is 0 Å². The summed E-state index contributed by atoms with van der Waals surface area (Å²) >= 11 is 0. The fourth-order valence-electron chi connectivity index (χ4n) is 4.36. The lowest BCUT2D eigenvalue weighted by atomic mass is 9.85. The summed E-state index contributed by atoms with van der Waals surface area (Å²) < 4.78 is 11.0. The molecule has 6 nitrogen and oxygen atoms in total. The summed E-state index contributed by atoms with van der Waals surface area (Å²) in [5.74, 6) is -0.779. The van der Waals surface area contributed by atoms with Crippen LogP contribution in [0.1, 0.15) is 69.3 Å². The molecule has 0 spiro atoms. The van der Waals surface area contributed by atoms with Gasteiger partial charge in [-0.1, -0.05) is 45.0 Å². The Bertz CT molecular complexity index is 1110. The molecule has 1 fully saturated rings. The number of likely N-dealkylation sites (tertiary alicyclic amines) is 1. The number of amides is 1. The van der Waals surface area contributed by atoms with Crippen LogP contribution in [-0.2, 0) is 19.7 Å². The molecule has 1 N–H and O–H groups in total. The molecule has 1 heterocycles. The highest BCUT2D eigenvalue weighted by Crippen LogP contribution is 2.40. The second-order valence-corrected chi connectivity index (χ2v) is 10.3. The average molecular weight is 480 g/mol. The first-order valence-electron chi connectivity index (χ1n) is 12.1. The molecular formula is C29H37NO5. The van der Waals surface area contributed by atoms with Crippen molar-refractivity contribution in [2.24, 2.45) is 0 Å². The van der Waals surface area contributed by atoms with E-state index in [-0.39, 0.29) is 22.9 Å². The molecule has 1 saturated heterocycles. The van der Waals surface area contributed by atoms with Gasteiger partial charge < -0.3 is 19.5 Å². The number of aryl methyl sites for hydroxylation is 1. The van der Waals surface area contributed by atoms with Crippen LogP contribution in [0.5, 0.6) is 5.75 Å². The Labute approximate surface area is 208 Å². The summed E-state index contributed by atoms with van der Waals surface area (Å²) in [6.07, 6.45) is 0.674. The van der Waals surface area contributed by atoms with E-state index in [2.05, 4.69) is 20.8 Å². The van der Waals surface area contributed by atoms with Crippen molar-refractivity contribution in [3.05, 3.63) is 70.3 Å². The molecular weight excluding hydrogens is 442 g/mol. The molecule has 2 aromatic carbocycles. The Balaban J connectivity index is 2.07. The number of nitrogens with zero attached hydrogens (tertiary/aromatic N) is 1. The van der Waals surface area contributed by atoms with Gasteiger partial charge in [-0.2, -0.15) is 0 Å². The molecule has 0 radical (unpaired) electrons. The monoisotopic (exact) mass is 479 g/mol. The summed E-state index contributed by atoms with van der Waals surface area (Å²) in [7, 11) is 1.58. The third kappa shape index (κ3) is 5.76. The molecule has 0 aliphatic carbocycles. The quantitative estimate of drug-likeness (QED) is 0.233. The fourth-order valence-corrected chi connectivity index (χ4v) is 4.36. The number of ketones is 1. The summed E-state index contributed by atoms with van der Waals surface area (Å²) in [5, 5.41) is 11.3. The average Bonchev–Trinajstić information content (AvgIpc) is 3.05. The molecule has 1 unspecified atom stereocenters. The van der Waals surface area contributed by atoms with E-state index in [1.165, 1.54) is 0 Å². The summed E-state index contributed by atoms with van der Waals surface area (Å²) in [4.78, 5) is 27.9. The van der Waals surface area contributed by atoms with Crippen LogP contribution in [0.25, 0.3) is 5.76 Å². The fraction of sp³-hybridized carbons (Fsp3) is 0.448. The third-order valence-corrected chi connectivity index (χ3v) is 6.30. The minimum Gasteiger partial charge on any atom is -0.507 e. The van der Waals surface area contributed by atoms with E-state index in [1.807, 2.05) is 45.0 Å². The number of hydrogen-bond acceptors (Lipinski definition) is 5. The molecule has 1 atom stereocenters. The number of aliphatic hydroxyl groups excluding tert-OH is 1. The van der Waals surface area contributed by atoms with Gasteiger partial charge in [0.15, 0.2) is 0 Å². The van der Waals surface area contributed by atoms with Crippen LogP contribution in [-0.4, -0.2) is 48.1 Å². The minimum absolute atomic E-state index is 0.0326. The first kappa shape index (κ1) is 26.5. The van der Waals surface area contributed by atoms with E-state index in [4.69, 9.17) is 9.47 Å². The molecule has 0 bridgehead atoms. The van der Waals surface area contributed by atoms with Gasteiger partial charge in [0.2, 0.25) is 0 Å². The highest BCUT2D eigenvalue weighted by Gasteiger charge is 2.45. The molecule has 6 heteroatoms. The van der Waals surface area contributed by atoms with E-state index in [1.54, 1.807) is 30.2 Å². The predicted molar refractivity (Wildman–Crippen MR) is 138 cm³/mol. The van der Waals surface area contributed by atoms with Crippen molar-refractivity contribution in [3.8, 4) is 5.75 Å². The van der Waals surface area contributed by atoms with E-state index < -0.39 is 17.7 Å². The highest BCUT2D eigenvalue weighted by molar-refractivity contribution is 6.46. The number of Topliss-reactive ketones (excluding diaryl/α,β-unsaturated/α-hetero) is 1. The first-order valence-corrected chi connectivity index (χ1v) is 12.1. The summed E-state index contributed by atoms with van der Waals surface area (Å²) in [6, 6.07) is 12.5. The number of carbonyl (C=O) groups is 2. The number of ether oxygens (including phenoxy) is 2. The molecule has 3 rings (SSSR count). The maximum atomic E-state index is 13.2. The number of methoxy groups -OCH3 is 1. The molecule has 0 saturated carbocycles. The zero-order chi connectivity index (χ0) is 25.9. The summed E-state index contributed by atoms with van der Waals surface area (Å²) in [6.45, 7) is 13.0. The lowest BCUT2D eigenvalue weighted by Crippen LogP contribution is -2.31. The van der Waals surface area contributed by atoms with Gasteiger partial charge in [0.25, 0.3) is 11.7 Å². The maximum Gasteiger partial charge on any atom is 0.295 e. The maximum absolute atomic E-state index is 13.2. The van der Waals surface area contributed by atoms with Gasteiger partial charge >= 0.3 is 0 Å². The normalized spacial score (nSPS) is 17.9. The Morgan fingerprint density at radius 1 is 1.09 bits per heavy atom. The van der Waals surface area contributed by atoms with Gasteiger partial charge in [-0.05, 0) is 67.5 Å². The number of rotatable bonds is 8. The van der Waals surface area contributed by atoms with Gasteiger partial charge in [0, 0.05) is 18.7 Å². The van der Waals surface area contributed by atoms with Crippen LogP contribution in [0.3, 0.4) is 0 Å². The van der Waals surface area contributed by atoms with Crippen LogP contribution in [0.15, 0.2) is 48.0 Å². The van der Waals surface area contributed by atoms with Crippen molar-refractivity contribution in [1.82, 2.24) is 4.90 Å². The number of carbonyl (C=O) groups excluding carboxylic acids is 2. The van der Waals surface area contributed by atoms with Crippen molar-refractivity contribution in [3.63, 3.8) is 0 Å². The van der Waals surface area contributed by atoms with E-state index >= 15 is 0 Å². The van der Waals surface area contributed by atoms with Crippen LogP contribution >= 0.6 is 0 Å². The zero-order valence-corrected chi connectivity index (χ0v) is 21.8. The predicted octanol–water partition coefficient (Wildman–Crippen LogP) is 5.54. The molecule has 1 aliphatic rings. The van der Waals surface area contributed by atoms with Crippen molar-refractivity contribution < 1.29 is 24.2 Å². The first-order chi connectivity index (χ1) is 16.5. The second kappa shape index (κ2) is 10.6. The minimum atomic E-state index is -0.675. The molecule has 2 aromatic rings. The second-order valence-electron chi connectivity index (χ2n) is 10.3. The van der Waals surface area contributed by atoms with Crippen molar-refractivity contribution in [1.29, 1.82) is 0 Å². The highest BCUT2D eigenvalue weighted by atomic mass is 16.5. The van der Waals surface area contributed by atoms with Crippen LogP contribution in [0, 0.1) is 6.92 Å². The molecule has 0 aromatic heterocycles. The van der Waals surface area contributed by atoms with E-state index in [0.29, 0.717) is 30.9 Å². The zero-order valence-electron chi connectivity index (χ0n) is 21.8. The van der Waals surface area contributed by atoms with Gasteiger partial charge in [-0.25, -0.2) is 0 Å². The van der Waals surface area contributed by atoms with Gasteiger partial charge in [0.05, 0.1) is 24.8 Å². The SMILES string of the molecule is COc1ccc(/C(O)=C2/C(=O)C(=O)N(CCCOC(C)C)C2c2ccc(C(C)(C)C)cc2)cc1C. The Kier molecular flexibility index (Phi) is 8.06. The summed E-state index contributed by atoms with van der Waals surface area (Å²) in [5.41, 5.74) is 3.30. The lowest BCUT2D eigenvalue weighted by Gasteiger charge is -2.26. The smallest absolute Gasteiger partial charge is 0.295 e. The van der Waals surface area contributed by atoms with Gasteiger partial charge in [-0.15, -0.1) is 0 Å². The van der Waals surface area contributed by atoms with Crippen molar-refractivity contribution >= 4 is 17.4 Å². The standard InChI is InChI=1S/C29H37NO5/c1-18(2)35-16-8-15-30-25(20-9-12-22(13-10-20)29(4,5)6)24(27(32)28(30)33)26(31)21-11-14-23(34-7)19(3)17-21/h9-14,17-18,25,31H,8,15-16H2,1-7H3/b26-24-. The van der Waals surface area contributed by atoms with Crippen molar-refractivity contribution in [2.75, 3.05) is 20.3 Å². The van der Waals surface area contributed by atoms with Gasteiger partial charge in [-0.3, -0.25) is 9.59 Å². The number of benzene rings is 2. The number of hydrogen-bond donors (Lipinski definition) is 1. The Morgan fingerprint density at radius 3 is 2.29 bits per heavy atom. The lowest BCUT2D eigenvalue weighted by molar-refractivity contribution is -0.140. The Morgan fingerprint density at radius 2 is 1.74 bits per heavy atom. The van der Waals surface area contributed by atoms with E-state index in [9.17, 15) is 14.7 Å². The molecule has 1 amide bonds. The Hall–Kier alpha value is -3.12. The van der Waals surface area contributed by atoms with E-state index in [0.717, 1.165) is 16.7 Å². The van der Waals surface area contributed by atoms with Crippen molar-refractivity contribution in [2.45, 2.75) is 65.5 Å². The molecule has 188 valence electrons. The molecule has 1 aliphatic heterocycles. The topological polar surface area (TPSA) is 76.1 Å². The number of aliphatic hydroxyl groups is 1. The largest absolute Gasteiger partial charge is 0.507 e. The molecule has 35 heavy (non-hydrogen) atoms. The third-order valence-electron chi connectivity index (χ3n) is 6.30. The van der Waals surface area contributed by atoms with Crippen LogP contribution in [0.2, 0.25) is 0 Å². The van der Waals surface area contributed by atoms with Crippen LogP contribution < -0.4 is 4.74 Å². The van der Waals surface area contributed by atoms with Gasteiger partial charge in [0.1, 0.15) is 11.5 Å².